The van der Waals surface area contributed by atoms with Crippen molar-refractivity contribution in [1.29, 1.82) is 0 Å². The van der Waals surface area contributed by atoms with Crippen molar-refractivity contribution in [3.63, 3.8) is 0 Å². The molecule has 0 saturated carbocycles. The SMILES string of the molecule is CCCCCCCCCC[N+](C)(C)CCCCCCCCCC.CCCS(=O)(=O)O. The largest absolute Gasteiger partial charge is 0.328 e. The van der Waals surface area contributed by atoms with E-state index in [-0.39, 0.29) is 5.75 Å². The molecule has 5 heteroatoms. The predicted octanol–water partition coefficient (Wildman–Crippen LogP) is 7.63. The van der Waals surface area contributed by atoms with Gasteiger partial charge in [0.2, 0.25) is 0 Å². The second-order valence-electron chi connectivity index (χ2n) is 9.62. The van der Waals surface area contributed by atoms with E-state index in [0.29, 0.717) is 6.42 Å². The van der Waals surface area contributed by atoms with Gasteiger partial charge < -0.3 is 4.48 Å². The first-order chi connectivity index (χ1) is 14.2. The molecule has 4 nitrogen and oxygen atoms in total. The monoisotopic (exact) mass is 450 g/mol. The van der Waals surface area contributed by atoms with Gasteiger partial charge >= 0.3 is 0 Å². The Balaban J connectivity index is 0. The first kappa shape index (κ1) is 32.1. The van der Waals surface area contributed by atoms with Crippen LogP contribution in [0.15, 0.2) is 0 Å². The molecule has 0 unspecified atom stereocenters. The Labute approximate surface area is 190 Å². The lowest BCUT2D eigenvalue weighted by Gasteiger charge is -2.30. The zero-order chi connectivity index (χ0) is 23.1. The lowest BCUT2D eigenvalue weighted by Crippen LogP contribution is -2.41. The van der Waals surface area contributed by atoms with Crippen LogP contribution in [0, 0.1) is 0 Å². The summed E-state index contributed by atoms with van der Waals surface area (Å²) < 4.78 is 28.8. The Hall–Kier alpha value is -0.130. The Morgan fingerprint density at radius 3 is 1.07 bits per heavy atom. The van der Waals surface area contributed by atoms with Gasteiger partial charge in [0, 0.05) is 0 Å². The van der Waals surface area contributed by atoms with E-state index in [2.05, 4.69) is 27.9 Å². The topological polar surface area (TPSA) is 54.4 Å². The van der Waals surface area contributed by atoms with Crippen LogP contribution in [0.5, 0.6) is 0 Å². The molecule has 0 aliphatic heterocycles. The first-order valence-corrected chi connectivity index (χ1v) is 14.6. The van der Waals surface area contributed by atoms with Crippen molar-refractivity contribution < 1.29 is 17.5 Å². The third-order valence-corrected chi connectivity index (χ3v) is 6.62. The number of nitrogens with zero attached hydrogens (tertiary/aromatic N) is 1. The van der Waals surface area contributed by atoms with Gasteiger partial charge in [-0.25, -0.2) is 0 Å². The lowest BCUT2D eigenvalue weighted by molar-refractivity contribution is -0.890. The van der Waals surface area contributed by atoms with Gasteiger partial charge in [-0.2, -0.15) is 8.42 Å². The zero-order valence-corrected chi connectivity index (χ0v) is 22.1. The average molecular weight is 451 g/mol. The molecule has 0 aromatic carbocycles. The van der Waals surface area contributed by atoms with Crippen molar-refractivity contribution >= 4 is 10.1 Å². The molecule has 30 heavy (non-hydrogen) atoms. The second-order valence-corrected chi connectivity index (χ2v) is 11.2. The van der Waals surface area contributed by atoms with Crippen molar-refractivity contribution in [3.05, 3.63) is 0 Å². The molecule has 0 bridgehead atoms. The van der Waals surface area contributed by atoms with E-state index in [1.807, 2.05) is 0 Å². The fraction of sp³-hybridized carbons (Fsp3) is 1.00. The summed E-state index contributed by atoms with van der Waals surface area (Å²) in [6.45, 7) is 9.05. The summed E-state index contributed by atoms with van der Waals surface area (Å²) in [4.78, 5) is 0. The molecule has 0 radical (unpaired) electrons. The molecule has 0 spiro atoms. The molecule has 0 aliphatic rings. The van der Waals surface area contributed by atoms with Crippen LogP contribution in [0.4, 0.5) is 0 Å². The summed E-state index contributed by atoms with van der Waals surface area (Å²) in [6, 6.07) is 0. The van der Waals surface area contributed by atoms with Crippen LogP contribution in [-0.2, 0) is 10.1 Å². The number of hydrogen-bond acceptors (Lipinski definition) is 2. The number of unbranched alkanes of at least 4 members (excludes halogenated alkanes) is 14. The molecule has 0 atom stereocenters. The number of rotatable bonds is 20. The van der Waals surface area contributed by atoms with Crippen LogP contribution < -0.4 is 0 Å². The minimum Gasteiger partial charge on any atom is -0.328 e. The van der Waals surface area contributed by atoms with Gasteiger partial charge in [0.25, 0.3) is 10.1 Å². The highest BCUT2D eigenvalue weighted by atomic mass is 32.2. The molecular formula is C25H56NO3S+. The van der Waals surface area contributed by atoms with E-state index in [1.165, 1.54) is 120 Å². The fourth-order valence-electron chi connectivity index (χ4n) is 3.72. The minimum absolute atomic E-state index is 0.132. The van der Waals surface area contributed by atoms with Crippen LogP contribution in [0.3, 0.4) is 0 Å². The molecule has 0 amide bonds. The van der Waals surface area contributed by atoms with E-state index in [9.17, 15) is 8.42 Å². The minimum atomic E-state index is -3.67. The van der Waals surface area contributed by atoms with E-state index >= 15 is 0 Å². The van der Waals surface area contributed by atoms with Gasteiger partial charge in [0.15, 0.2) is 0 Å². The zero-order valence-electron chi connectivity index (χ0n) is 21.3. The summed E-state index contributed by atoms with van der Waals surface area (Å²) in [6.07, 6.45) is 23.5. The third kappa shape index (κ3) is 30.1. The van der Waals surface area contributed by atoms with Crippen molar-refractivity contribution in [2.75, 3.05) is 32.9 Å². The number of quaternary nitrogens is 1. The quantitative estimate of drug-likeness (QED) is 0.118. The first-order valence-electron chi connectivity index (χ1n) is 13.0. The van der Waals surface area contributed by atoms with E-state index in [0.717, 1.165) is 0 Å². The molecule has 1 N–H and O–H groups in total. The molecule has 184 valence electrons. The maximum atomic E-state index is 9.79. The van der Waals surface area contributed by atoms with Crippen molar-refractivity contribution in [2.24, 2.45) is 0 Å². The normalized spacial score (nSPS) is 11.9. The Morgan fingerprint density at radius 2 is 0.833 bits per heavy atom. The Morgan fingerprint density at radius 1 is 0.533 bits per heavy atom. The molecule has 0 saturated heterocycles. The lowest BCUT2D eigenvalue weighted by atomic mass is 10.1. The van der Waals surface area contributed by atoms with Gasteiger partial charge in [0.05, 0.1) is 32.9 Å². The van der Waals surface area contributed by atoms with Crippen LogP contribution in [0.1, 0.15) is 130 Å². The standard InChI is InChI=1S/C22H48N.C3H8O3S/c1-5-7-9-11-13-15-17-19-21-23(3,4)22-20-18-16-14-12-10-8-6-2;1-2-3-7(4,5)6/h5-22H2,1-4H3;2-3H2,1H3,(H,4,5,6)/q+1;. The van der Waals surface area contributed by atoms with E-state index in [1.54, 1.807) is 6.92 Å². The van der Waals surface area contributed by atoms with Crippen molar-refractivity contribution in [1.82, 2.24) is 0 Å². The van der Waals surface area contributed by atoms with Gasteiger partial charge in [-0.15, -0.1) is 0 Å². The van der Waals surface area contributed by atoms with E-state index in [4.69, 9.17) is 4.55 Å². The molecule has 0 aromatic rings. The van der Waals surface area contributed by atoms with Crippen molar-refractivity contribution in [3.8, 4) is 0 Å². The molecule has 0 heterocycles. The smallest absolute Gasteiger partial charge is 0.264 e. The average Bonchev–Trinajstić information content (AvgIpc) is 2.65. The number of hydrogen-bond donors (Lipinski definition) is 1. The summed E-state index contributed by atoms with van der Waals surface area (Å²) in [5.41, 5.74) is 0. The van der Waals surface area contributed by atoms with Gasteiger partial charge in [0.1, 0.15) is 0 Å². The molecule has 0 aliphatic carbocycles. The highest BCUT2D eigenvalue weighted by Crippen LogP contribution is 2.13. The second kappa shape index (κ2) is 22.1. The third-order valence-electron chi connectivity index (χ3n) is 5.70. The Bertz CT molecular complexity index is 414. The summed E-state index contributed by atoms with van der Waals surface area (Å²) in [5.74, 6) is -0.132. The van der Waals surface area contributed by atoms with Gasteiger partial charge in [-0.3, -0.25) is 4.55 Å². The molecular weight excluding hydrogens is 394 g/mol. The maximum Gasteiger partial charge on any atom is 0.264 e. The fourth-order valence-corrected chi connectivity index (χ4v) is 4.23. The molecule has 0 fully saturated rings. The molecule has 0 aromatic heterocycles. The summed E-state index contributed by atoms with van der Waals surface area (Å²) in [5, 5.41) is 0. The summed E-state index contributed by atoms with van der Waals surface area (Å²) >= 11 is 0. The maximum absolute atomic E-state index is 9.79. The predicted molar refractivity (Wildman–Crippen MR) is 134 cm³/mol. The Kier molecular flexibility index (Phi) is 23.6. The molecule has 0 rings (SSSR count). The summed E-state index contributed by atoms with van der Waals surface area (Å²) in [7, 11) is 1.19. The van der Waals surface area contributed by atoms with Crippen molar-refractivity contribution in [2.45, 2.75) is 130 Å². The van der Waals surface area contributed by atoms with Gasteiger partial charge in [-0.05, 0) is 32.1 Å². The van der Waals surface area contributed by atoms with Crippen LogP contribution in [0.2, 0.25) is 0 Å². The highest BCUT2D eigenvalue weighted by molar-refractivity contribution is 7.85. The van der Waals surface area contributed by atoms with Crippen LogP contribution in [0.25, 0.3) is 0 Å². The highest BCUT2D eigenvalue weighted by Gasteiger charge is 2.13. The van der Waals surface area contributed by atoms with Crippen LogP contribution in [-0.4, -0.2) is 50.4 Å². The van der Waals surface area contributed by atoms with Crippen LogP contribution >= 0.6 is 0 Å². The van der Waals surface area contributed by atoms with Gasteiger partial charge in [-0.1, -0.05) is 97.8 Å². The van der Waals surface area contributed by atoms with E-state index < -0.39 is 10.1 Å².